The van der Waals surface area contributed by atoms with E-state index in [4.69, 9.17) is 9.52 Å². The summed E-state index contributed by atoms with van der Waals surface area (Å²) in [5, 5.41) is 8.67. The highest BCUT2D eigenvalue weighted by molar-refractivity contribution is 7.99. The van der Waals surface area contributed by atoms with E-state index in [1.165, 1.54) is 24.8 Å². The van der Waals surface area contributed by atoms with Crippen LogP contribution in [0.3, 0.4) is 0 Å². The van der Waals surface area contributed by atoms with Crippen LogP contribution in [0.2, 0.25) is 0 Å². The molecule has 15 heavy (non-hydrogen) atoms. The van der Waals surface area contributed by atoms with Crippen LogP contribution >= 0.6 is 11.8 Å². The van der Waals surface area contributed by atoms with E-state index < -0.39 is 5.97 Å². The van der Waals surface area contributed by atoms with Gasteiger partial charge in [-0.05, 0) is 30.3 Å². The largest absolute Gasteiger partial charge is 0.475 e. The molecule has 1 aliphatic heterocycles. The predicted octanol–water partition coefficient (Wildman–Crippen LogP) is 2.06. The van der Waals surface area contributed by atoms with Crippen molar-refractivity contribution in [3.05, 3.63) is 17.8 Å². The first-order chi connectivity index (χ1) is 7.25. The summed E-state index contributed by atoms with van der Waals surface area (Å²) in [5.41, 5.74) is 0. The average molecular weight is 227 g/mol. The summed E-state index contributed by atoms with van der Waals surface area (Å²) in [6.07, 6.45) is 4.48. The molecule has 2 heterocycles. The Hall–Kier alpha value is -0.970. The van der Waals surface area contributed by atoms with Crippen LogP contribution in [0.4, 0.5) is 0 Å². The maximum atomic E-state index is 10.6. The first kappa shape index (κ1) is 10.5. The number of aromatic nitrogens is 1. The van der Waals surface area contributed by atoms with Gasteiger partial charge in [0, 0.05) is 6.42 Å². The van der Waals surface area contributed by atoms with Gasteiger partial charge in [0.05, 0.1) is 6.20 Å². The lowest BCUT2D eigenvalue weighted by atomic mass is 10.0. The molecule has 0 amide bonds. The number of carbonyl (C=O) groups is 1. The fourth-order valence-electron chi connectivity index (χ4n) is 1.72. The first-order valence-corrected chi connectivity index (χ1v) is 6.17. The van der Waals surface area contributed by atoms with Crippen molar-refractivity contribution in [3.8, 4) is 0 Å². The van der Waals surface area contributed by atoms with E-state index in [1.807, 2.05) is 11.8 Å². The summed E-state index contributed by atoms with van der Waals surface area (Å²) in [5.74, 6) is 2.40. The van der Waals surface area contributed by atoms with Crippen LogP contribution < -0.4 is 0 Å². The lowest BCUT2D eigenvalue weighted by molar-refractivity contribution is 0.0660. The Morgan fingerprint density at radius 1 is 1.73 bits per heavy atom. The van der Waals surface area contributed by atoms with Gasteiger partial charge >= 0.3 is 5.97 Å². The van der Waals surface area contributed by atoms with Gasteiger partial charge in [0.15, 0.2) is 5.89 Å². The minimum Gasteiger partial charge on any atom is -0.475 e. The number of hydrogen-bond donors (Lipinski definition) is 1. The molecule has 1 saturated heterocycles. The summed E-state index contributed by atoms with van der Waals surface area (Å²) in [6.45, 7) is 0. The predicted molar refractivity (Wildman–Crippen MR) is 57.2 cm³/mol. The number of nitrogens with zero attached hydrogens (tertiary/aromatic N) is 1. The standard InChI is InChI=1S/C10H13NO3S/c12-10(13)8-5-11-9(14-8)4-7-2-1-3-15-6-7/h5,7H,1-4,6H2,(H,12,13). The molecular formula is C10H13NO3S. The van der Waals surface area contributed by atoms with Gasteiger partial charge in [-0.1, -0.05) is 0 Å². The summed E-state index contributed by atoms with van der Waals surface area (Å²) >= 11 is 1.95. The highest BCUT2D eigenvalue weighted by Gasteiger charge is 2.18. The van der Waals surface area contributed by atoms with Gasteiger partial charge in [-0.15, -0.1) is 0 Å². The molecule has 1 fully saturated rings. The van der Waals surface area contributed by atoms with Crippen LogP contribution in [-0.2, 0) is 6.42 Å². The third kappa shape index (κ3) is 2.75. The molecule has 0 radical (unpaired) electrons. The van der Waals surface area contributed by atoms with Crippen LogP contribution in [0.1, 0.15) is 29.3 Å². The minimum atomic E-state index is -1.05. The Morgan fingerprint density at radius 3 is 3.20 bits per heavy atom. The number of rotatable bonds is 3. The van der Waals surface area contributed by atoms with Gasteiger partial charge < -0.3 is 9.52 Å². The molecule has 0 aromatic carbocycles. The fourth-order valence-corrected chi connectivity index (χ4v) is 2.87. The van der Waals surface area contributed by atoms with Crippen molar-refractivity contribution >= 4 is 17.7 Å². The van der Waals surface area contributed by atoms with Crippen LogP contribution in [0.5, 0.6) is 0 Å². The van der Waals surface area contributed by atoms with Crippen molar-refractivity contribution < 1.29 is 14.3 Å². The van der Waals surface area contributed by atoms with E-state index >= 15 is 0 Å². The molecule has 1 aliphatic rings. The van der Waals surface area contributed by atoms with Crippen molar-refractivity contribution in [2.75, 3.05) is 11.5 Å². The topological polar surface area (TPSA) is 63.3 Å². The zero-order valence-corrected chi connectivity index (χ0v) is 9.13. The van der Waals surface area contributed by atoms with Gasteiger partial charge in [-0.25, -0.2) is 9.78 Å². The Balaban J connectivity index is 1.94. The van der Waals surface area contributed by atoms with E-state index in [-0.39, 0.29) is 5.76 Å². The Bertz CT molecular complexity index is 344. The highest BCUT2D eigenvalue weighted by Crippen LogP contribution is 2.25. The number of thioether (sulfide) groups is 1. The minimum absolute atomic E-state index is 0.0616. The third-order valence-electron chi connectivity index (χ3n) is 2.48. The zero-order valence-electron chi connectivity index (χ0n) is 8.31. The summed E-state index contributed by atoms with van der Waals surface area (Å²) in [7, 11) is 0. The van der Waals surface area contributed by atoms with Crippen molar-refractivity contribution in [3.63, 3.8) is 0 Å². The molecule has 5 heteroatoms. The zero-order chi connectivity index (χ0) is 10.7. The van der Waals surface area contributed by atoms with Crippen LogP contribution in [0.25, 0.3) is 0 Å². The quantitative estimate of drug-likeness (QED) is 0.856. The lowest BCUT2D eigenvalue weighted by Crippen LogP contribution is -2.13. The third-order valence-corrected chi connectivity index (χ3v) is 3.77. The molecular weight excluding hydrogens is 214 g/mol. The molecule has 1 N–H and O–H groups in total. The molecule has 0 spiro atoms. The maximum Gasteiger partial charge on any atom is 0.373 e. The highest BCUT2D eigenvalue weighted by atomic mass is 32.2. The lowest BCUT2D eigenvalue weighted by Gasteiger charge is -2.19. The maximum absolute atomic E-state index is 10.6. The van der Waals surface area contributed by atoms with Crippen LogP contribution in [0.15, 0.2) is 10.6 Å². The van der Waals surface area contributed by atoms with Gasteiger partial charge in [0.2, 0.25) is 5.76 Å². The average Bonchev–Trinajstić information content (AvgIpc) is 2.68. The molecule has 0 aliphatic carbocycles. The SMILES string of the molecule is O=C(O)c1cnc(CC2CCCSC2)o1. The number of oxazole rings is 1. The molecule has 1 unspecified atom stereocenters. The number of carboxylic acids is 1. The molecule has 0 bridgehead atoms. The number of hydrogen-bond acceptors (Lipinski definition) is 4. The summed E-state index contributed by atoms with van der Waals surface area (Å²) in [6, 6.07) is 0. The summed E-state index contributed by atoms with van der Waals surface area (Å²) in [4.78, 5) is 14.5. The molecule has 1 aromatic rings. The second-order valence-electron chi connectivity index (χ2n) is 3.71. The number of carboxylic acid groups (broad SMARTS) is 1. The molecule has 1 atom stereocenters. The molecule has 2 rings (SSSR count). The van der Waals surface area contributed by atoms with Crippen molar-refractivity contribution in [2.45, 2.75) is 19.3 Å². The van der Waals surface area contributed by atoms with Gasteiger partial charge in [0.1, 0.15) is 0 Å². The molecule has 82 valence electrons. The van der Waals surface area contributed by atoms with Crippen LogP contribution in [-0.4, -0.2) is 27.6 Å². The van der Waals surface area contributed by atoms with E-state index in [1.54, 1.807) is 0 Å². The smallest absolute Gasteiger partial charge is 0.373 e. The van der Waals surface area contributed by atoms with E-state index in [0.717, 1.165) is 12.2 Å². The summed E-state index contributed by atoms with van der Waals surface area (Å²) < 4.78 is 5.13. The van der Waals surface area contributed by atoms with E-state index in [0.29, 0.717) is 11.8 Å². The Labute approximate surface area is 92.1 Å². The first-order valence-electron chi connectivity index (χ1n) is 5.01. The number of aromatic carboxylic acids is 1. The van der Waals surface area contributed by atoms with Crippen molar-refractivity contribution in [1.82, 2.24) is 4.98 Å². The van der Waals surface area contributed by atoms with Gasteiger partial charge in [0.25, 0.3) is 0 Å². The van der Waals surface area contributed by atoms with E-state index in [2.05, 4.69) is 4.98 Å². The second kappa shape index (κ2) is 4.70. The van der Waals surface area contributed by atoms with Crippen LogP contribution in [0, 0.1) is 5.92 Å². The Kier molecular flexibility index (Phi) is 3.30. The fraction of sp³-hybridized carbons (Fsp3) is 0.600. The molecule has 1 aromatic heterocycles. The van der Waals surface area contributed by atoms with Gasteiger partial charge in [-0.3, -0.25) is 0 Å². The Morgan fingerprint density at radius 2 is 2.60 bits per heavy atom. The second-order valence-corrected chi connectivity index (χ2v) is 4.86. The monoisotopic (exact) mass is 227 g/mol. The van der Waals surface area contributed by atoms with Gasteiger partial charge in [-0.2, -0.15) is 11.8 Å². The van der Waals surface area contributed by atoms with Crippen molar-refractivity contribution in [2.24, 2.45) is 5.92 Å². The molecule has 0 saturated carbocycles. The van der Waals surface area contributed by atoms with E-state index in [9.17, 15) is 4.79 Å². The van der Waals surface area contributed by atoms with Crippen molar-refractivity contribution in [1.29, 1.82) is 0 Å². The molecule has 4 nitrogen and oxygen atoms in total. The normalized spacial score (nSPS) is 21.5.